The molecule has 0 bridgehead atoms. The van der Waals surface area contributed by atoms with E-state index in [-0.39, 0.29) is 5.56 Å². The van der Waals surface area contributed by atoms with Crippen molar-refractivity contribution in [3.05, 3.63) is 74.8 Å². The number of hydrogen-bond acceptors (Lipinski definition) is 3. The molecule has 2 heterocycles. The SMILES string of the molecule is CC.CCCc1cc(Cc2ccc(=O)[nH]n2)n(C)c1Nc1ccc(Cl)cc1. The second-order valence-corrected chi connectivity index (χ2v) is 6.48. The summed E-state index contributed by atoms with van der Waals surface area (Å²) in [6.45, 7) is 6.17. The quantitative estimate of drug-likeness (QED) is 0.621. The Labute approximate surface area is 165 Å². The fourth-order valence-corrected chi connectivity index (χ4v) is 2.97. The highest BCUT2D eigenvalue weighted by molar-refractivity contribution is 6.30. The summed E-state index contributed by atoms with van der Waals surface area (Å²) in [7, 11) is 2.04. The lowest BCUT2D eigenvalue weighted by Crippen LogP contribution is -2.09. The van der Waals surface area contributed by atoms with E-state index >= 15 is 0 Å². The highest BCUT2D eigenvalue weighted by Gasteiger charge is 2.13. The molecule has 0 amide bonds. The third-order valence-corrected chi connectivity index (χ3v) is 4.39. The minimum absolute atomic E-state index is 0.188. The molecule has 0 aliphatic heterocycles. The van der Waals surface area contributed by atoms with Gasteiger partial charge in [-0.05, 0) is 48.4 Å². The molecule has 0 saturated carbocycles. The van der Waals surface area contributed by atoms with Crippen LogP contribution in [0.3, 0.4) is 0 Å². The molecule has 1 aromatic carbocycles. The zero-order valence-electron chi connectivity index (χ0n) is 16.3. The minimum atomic E-state index is -0.188. The Morgan fingerprint density at radius 1 is 1.15 bits per heavy atom. The van der Waals surface area contributed by atoms with Crippen molar-refractivity contribution in [2.24, 2.45) is 7.05 Å². The van der Waals surface area contributed by atoms with Gasteiger partial charge in [-0.25, -0.2) is 5.10 Å². The summed E-state index contributed by atoms with van der Waals surface area (Å²) >= 11 is 5.97. The number of rotatable bonds is 6. The van der Waals surface area contributed by atoms with Gasteiger partial charge in [-0.3, -0.25) is 4.79 Å². The van der Waals surface area contributed by atoms with Crippen molar-refractivity contribution in [1.29, 1.82) is 0 Å². The molecule has 27 heavy (non-hydrogen) atoms. The predicted octanol–water partition coefficient (Wildman–Crippen LogP) is 5.07. The van der Waals surface area contributed by atoms with Gasteiger partial charge in [-0.1, -0.05) is 38.8 Å². The Morgan fingerprint density at radius 2 is 1.85 bits per heavy atom. The first-order valence-corrected chi connectivity index (χ1v) is 9.69. The molecule has 2 aromatic heterocycles. The number of aromatic amines is 1. The number of anilines is 2. The topological polar surface area (TPSA) is 62.7 Å². The number of aromatic nitrogens is 3. The van der Waals surface area contributed by atoms with E-state index in [1.54, 1.807) is 6.07 Å². The number of hydrogen-bond donors (Lipinski definition) is 2. The minimum Gasteiger partial charge on any atom is -0.341 e. The van der Waals surface area contributed by atoms with Crippen LogP contribution >= 0.6 is 11.6 Å². The van der Waals surface area contributed by atoms with Crippen LogP contribution in [0.15, 0.2) is 47.3 Å². The Bertz CT molecular complexity index is 892. The van der Waals surface area contributed by atoms with E-state index in [1.165, 1.54) is 11.6 Å². The van der Waals surface area contributed by atoms with Crippen LogP contribution in [-0.4, -0.2) is 14.8 Å². The fourth-order valence-electron chi connectivity index (χ4n) is 2.85. The van der Waals surface area contributed by atoms with E-state index in [0.717, 1.165) is 40.8 Å². The van der Waals surface area contributed by atoms with Crippen molar-refractivity contribution in [2.45, 2.75) is 40.0 Å². The molecule has 5 nitrogen and oxygen atoms in total. The normalized spacial score (nSPS) is 10.3. The molecule has 0 aliphatic rings. The molecule has 0 radical (unpaired) electrons. The van der Waals surface area contributed by atoms with Gasteiger partial charge in [0, 0.05) is 35.9 Å². The van der Waals surface area contributed by atoms with Gasteiger partial charge in [0.2, 0.25) is 0 Å². The summed E-state index contributed by atoms with van der Waals surface area (Å²) in [6.07, 6.45) is 2.71. The first-order valence-electron chi connectivity index (χ1n) is 9.31. The number of halogens is 1. The molecule has 3 rings (SSSR count). The van der Waals surface area contributed by atoms with Gasteiger partial charge in [0.15, 0.2) is 0 Å². The Kier molecular flexibility index (Phi) is 7.67. The van der Waals surface area contributed by atoms with Crippen molar-refractivity contribution < 1.29 is 0 Å². The van der Waals surface area contributed by atoms with Gasteiger partial charge in [0.05, 0.1) is 5.69 Å². The van der Waals surface area contributed by atoms with Crippen molar-refractivity contribution in [2.75, 3.05) is 5.32 Å². The van der Waals surface area contributed by atoms with Crippen molar-refractivity contribution in [3.8, 4) is 0 Å². The number of nitrogens with one attached hydrogen (secondary N) is 2. The number of nitrogens with zero attached hydrogens (tertiary/aromatic N) is 2. The van der Waals surface area contributed by atoms with Crippen molar-refractivity contribution in [3.63, 3.8) is 0 Å². The van der Waals surface area contributed by atoms with Gasteiger partial charge >= 0.3 is 0 Å². The molecule has 0 atom stereocenters. The summed E-state index contributed by atoms with van der Waals surface area (Å²) in [4.78, 5) is 11.2. The summed E-state index contributed by atoms with van der Waals surface area (Å²) in [5.74, 6) is 1.07. The second kappa shape index (κ2) is 9.97. The fraction of sp³-hybridized carbons (Fsp3) is 0.333. The summed E-state index contributed by atoms with van der Waals surface area (Å²) < 4.78 is 2.15. The molecule has 0 spiro atoms. The van der Waals surface area contributed by atoms with Crippen LogP contribution < -0.4 is 10.9 Å². The molecule has 3 aromatic rings. The third kappa shape index (κ3) is 5.47. The van der Waals surface area contributed by atoms with E-state index in [2.05, 4.69) is 33.1 Å². The van der Waals surface area contributed by atoms with Crippen LogP contribution in [0.5, 0.6) is 0 Å². The Hall–Kier alpha value is -2.53. The van der Waals surface area contributed by atoms with Gasteiger partial charge in [0.25, 0.3) is 5.56 Å². The van der Waals surface area contributed by atoms with Gasteiger partial charge in [-0.15, -0.1) is 0 Å². The lowest BCUT2D eigenvalue weighted by atomic mass is 10.1. The molecular weight excluding hydrogens is 360 g/mol. The second-order valence-electron chi connectivity index (χ2n) is 6.04. The highest BCUT2D eigenvalue weighted by Crippen LogP contribution is 2.27. The maximum Gasteiger partial charge on any atom is 0.264 e. The van der Waals surface area contributed by atoms with Crippen molar-refractivity contribution in [1.82, 2.24) is 14.8 Å². The number of benzene rings is 1. The standard InChI is InChI=1S/C19H21ClN4O.C2H6/c1-3-4-13-11-17(12-16-9-10-18(25)23-22-16)24(2)19(13)21-15-7-5-14(20)6-8-15;1-2/h5-11,21H,3-4,12H2,1-2H3,(H,23,25);1-2H3. The van der Waals surface area contributed by atoms with Crippen LogP contribution in [0.4, 0.5) is 11.5 Å². The third-order valence-electron chi connectivity index (χ3n) is 4.14. The van der Waals surface area contributed by atoms with E-state index in [4.69, 9.17) is 11.6 Å². The predicted molar refractivity (Wildman–Crippen MR) is 113 cm³/mol. The number of aryl methyl sites for hydroxylation is 1. The molecule has 0 unspecified atom stereocenters. The first-order chi connectivity index (χ1) is 13.1. The zero-order chi connectivity index (χ0) is 19.8. The lowest BCUT2D eigenvalue weighted by molar-refractivity contribution is 0.824. The van der Waals surface area contributed by atoms with E-state index < -0.39 is 0 Å². The van der Waals surface area contributed by atoms with Crippen LogP contribution in [0, 0.1) is 0 Å². The summed E-state index contributed by atoms with van der Waals surface area (Å²) in [5.41, 5.74) is 4.05. The average Bonchev–Trinajstić information content (AvgIpc) is 2.96. The average molecular weight is 387 g/mol. The van der Waals surface area contributed by atoms with Crippen LogP contribution in [0.1, 0.15) is 44.1 Å². The smallest absolute Gasteiger partial charge is 0.264 e. The molecular formula is C21H27ClN4O. The van der Waals surface area contributed by atoms with E-state index in [0.29, 0.717) is 6.42 Å². The molecule has 0 fully saturated rings. The van der Waals surface area contributed by atoms with Crippen molar-refractivity contribution >= 4 is 23.1 Å². The molecule has 6 heteroatoms. The maximum absolute atomic E-state index is 11.2. The molecule has 0 aliphatic carbocycles. The van der Waals surface area contributed by atoms with Crippen LogP contribution in [0.2, 0.25) is 5.02 Å². The molecule has 2 N–H and O–H groups in total. The van der Waals surface area contributed by atoms with E-state index in [9.17, 15) is 4.79 Å². The summed E-state index contributed by atoms with van der Waals surface area (Å²) in [6, 6.07) is 13.1. The van der Waals surface area contributed by atoms with E-state index in [1.807, 2.05) is 45.2 Å². The van der Waals surface area contributed by atoms with Crippen LogP contribution in [0.25, 0.3) is 0 Å². The summed E-state index contributed by atoms with van der Waals surface area (Å²) in [5, 5.41) is 10.8. The number of H-pyrrole nitrogens is 1. The highest BCUT2D eigenvalue weighted by atomic mass is 35.5. The van der Waals surface area contributed by atoms with Gasteiger partial charge in [-0.2, -0.15) is 5.10 Å². The monoisotopic (exact) mass is 386 g/mol. The molecule has 0 saturated heterocycles. The zero-order valence-corrected chi connectivity index (χ0v) is 17.1. The first kappa shape index (κ1) is 20.8. The van der Waals surface area contributed by atoms with Gasteiger partial charge in [0.1, 0.15) is 5.82 Å². The van der Waals surface area contributed by atoms with Crippen LogP contribution in [-0.2, 0) is 19.9 Å². The lowest BCUT2D eigenvalue weighted by Gasteiger charge is -2.12. The Morgan fingerprint density at radius 3 is 2.44 bits per heavy atom. The maximum atomic E-state index is 11.2. The largest absolute Gasteiger partial charge is 0.341 e. The Balaban J connectivity index is 0.00000126. The molecule has 144 valence electrons. The van der Waals surface area contributed by atoms with Gasteiger partial charge < -0.3 is 9.88 Å².